The first kappa shape index (κ1) is 13.3. The number of H-pyrrole nitrogens is 1. The summed E-state index contributed by atoms with van der Waals surface area (Å²) in [6.07, 6.45) is 2.54. The van der Waals surface area contributed by atoms with Gasteiger partial charge >= 0.3 is 0 Å². The third kappa shape index (κ3) is 2.36. The number of aromatic amines is 1. The molecule has 2 fully saturated rings. The van der Waals surface area contributed by atoms with Crippen LogP contribution in [0.15, 0.2) is 28.7 Å². The van der Waals surface area contributed by atoms with Gasteiger partial charge in [-0.2, -0.15) is 4.98 Å². The fraction of sp³-hybridized carbons (Fsp3) is 0.467. The molecule has 1 aromatic carbocycles. The highest BCUT2D eigenvalue weighted by molar-refractivity contribution is 9.10. The second kappa shape index (κ2) is 5.42. The zero-order valence-corrected chi connectivity index (χ0v) is 13.3. The first-order valence-electron chi connectivity index (χ1n) is 7.47. The molecule has 0 saturated carbocycles. The molecule has 5 nitrogen and oxygen atoms in total. The molecule has 6 heteroatoms. The number of benzene rings is 1. The van der Waals surface area contributed by atoms with Crippen LogP contribution in [-0.2, 0) is 0 Å². The Morgan fingerprint density at radius 3 is 3.05 bits per heavy atom. The van der Waals surface area contributed by atoms with Crippen molar-refractivity contribution in [3.63, 3.8) is 0 Å². The molecular weight excluding hydrogens is 330 g/mol. The summed E-state index contributed by atoms with van der Waals surface area (Å²) in [5, 5.41) is 11.0. The van der Waals surface area contributed by atoms with E-state index in [1.807, 2.05) is 24.3 Å². The van der Waals surface area contributed by atoms with Crippen molar-refractivity contribution in [2.75, 3.05) is 24.5 Å². The van der Waals surface area contributed by atoms with Gasteiger partial charge in [0.25, 0.3) is 0 Å². The number of halogens is 1. The van der Waals surface area contributed by atoms with E-state index in [1.165, 1.54) is 12.8 Å². The number of hydrogen-bond donors (Lipinski definition) is 2. The van der Waals surface area contributed by atoms with E-state index in [1.54, 1.807) is 0 Å². The second-order valence-corrected chi connectivity index (χ2v) is 6.64. The first-order chi connectivity index (χ1) is 10.3. The normalized spacial score (nSPS) is 25.1. The van der Waals surface area contributed by atoms with Gasteiger partial charge in [0.1, 0.15) is 0 Å². The van der Waals surface area contributed by atoms with E-state index in [2.05, 4.69) is 36.3 Å². The van der Waals surface area contributed by atoms with Gasteiger partial charge in [0.15, 0.2) is 5.82 Å². The molecule has 0 bridgehead atoms. The smallest absolute Gasteiger partial charge is 0.245 e. The van der Waals surface area contributed by atoms with Crippen molar-refractivity contribution in [2.24, 2.45) is 5.92 Å². The van der Waals surface area contributed by atoms with Gasteiger partial charge in [-0.1, -0.05) is 34.1 Å². The van der Waals surface area contributed by atoms with Crippen molar-refractivity contribution in [1.82, 2.24) is 20.5 Å². The van der Waals surface area contributed by atoms with Crippen LogP contribution in [-0.4, -0.2) is 40.9 Å². The summed E-state index contributed by atoms with van der Waals surface area (Å²) in [5.41, 5.74) is 1.05. The summed E-state index contributed by atoms with van der Waals surface area (Å²) in [6.45, 7) is 3.22. The number of nitrogens with zero attached hydrogens (tertiary/aromatic N) is 3. The fourth-order valence-corrected chi connectivity index (χ4v) is 3.94. The van der Waals surface area contributed by atoms with Gasteiger partial charge in [0.05, 0.1) is 0 Å². The van der Waals surface area contributed by atoms with Gasteiger partial charge in [0, 0.05) is 35.7 Å². The third-order valence-corrected chi connectivity index (χ3v) is 5.23. The van der Waals surface area contributed by atoms with Crippen molar-refractivity contribution < 1.29 is 0 Å². The largest absolute Gasteiger partial charge is 0.335 e. The summed E-state index contributed by atoms with van der Waals surface area (Å²) in [7, 11) is 0. The molecule has 0 spiro atoms. The average molecular weight is 348 g/mol. The third-order valence-electron chi connectivity index (χ3n) is 4.54. The molecule has 0 aliphatic carbocycles. The van der Waals surface area contributed by atoms with E-state index in [0.717, 1.165) is 47.4 Å². The van der Waals surface area contributed by atoms with Gasteiger partial charge in [-0.05, 0) is 24.8 Å². The monoisotopic (exact) mass is 347 g/mol. The minimum absolute atomic E-state index is 0.543. The maximum Gasteiger partial charge on any atom is 0.245 e. The van der Waals surface area contributed by atoms with Crippen molar-refractivity contribution in [1.29, 1.82) is 0 Å². The molecule has 0 amide bonds. The van der Waals surface area contributed by atoms with Gasteiger partial charge in [-0.15, -0.1) is 5.10 Å². The van der Waals surface area contributed by atoms with Crippen LogP contribution in [0.4, 0.5) is 5.95 Å². The summed E-state index contributed by atoms with van der Waals surface area (Å²) in [5.74, 6) is 2.40. The zero-order valence-electron chi connectivity index (χ0n) is 11.7. The molecule has 21 heavy (non-hydrogen) atoms. The maximum absolute atomic E-state index is 4.73. The Bertz CT molecular complexity index is 640. The van der Waals surface area contributed by atoms with E-state index in [9.17, 15) is 0 Å². The van der Waals surface area contributed by atoms with Gasteiger partial charge < -0.3 is 10.2 Å². The molecule has 2 aliphatic heterocycles. The van der Waals surface area contributed by atoms with Crippen LogP contribution in [0.25, 0.3) is 11.4 Å². The number of fused-ring (bicyclic) bond motifs is 1. The Morgan fingerprint density at radius 1 is 1.24 bits per heavy atom. The molecule has 2 aliphatic rings. The van der Waals surface area contributed by atoms with Crippen molar-refractivity contribution >= 4 is 21.9 Å². The minimum Gasteiger partial charge on any atom is -0.335 e. The van der Waals surface area contributed by atoms with E-state index < -0.39 is 0 Å². The Labute approximate surface area is 132 Å². The number of hydrogen-bond acceptors (Lipinski definition) is 4. The van der Waals surface area contributed by atoms with Crippen LogP contribution < -0.4 is 10.2 Å². The molecule has 0 radical (unpaired) electrons. The highest BCUT2D eigenvalue weighted by Crippen LogP contribution is 2.31. The fourth-order valence-electron chi connectivity index (χ4n) is 3.47. The Hall–Kier alpha value is -1.40. The summed E-state index contributed by atoms with van der Waals surface area (Å²) >= 11 is 3.57. The van der Waals surface area contributed by atoms with Crippen LogP contribution in [0.5, 0.6) is 0 Å². The molecule has 2 N–H and O–H groups in total. The van der Waals surface area contributed by atoms with E-state index in [-0.39, 0.29) is 0 Å². The first-order valence-corrected chi connectivity index (χ1v) is 8.27. The number of rotatable bonds is 2. The number of nitrogens with one attached hydrogen (secondary N) is 2. The Morgan fingerprint density at radius 2 is 2.14 bits per heavy atom. The van der Waals surface area contributed by atoms with Gasteiger partial charge in [0.2, 0.25) is 5.95 Å². The molecular formula is C15H18BrN5. The molecule has 2 aromatic rings. The summed E-state index contributed by atoms with van der Waals surface area (Å²) in [4.78, 5) is 7.09. The predicted molar refractivity (Wildman–Crippen MR) is 86.2 cm³/mol. The maximum atomic E-state index is 4.73. The van der Waals surface area contributed by atoms with E-state index >= 15 is 0 Å². The molecule has 1 aromatic heterocycles. The van der Waals surface area contributed by atoms with Gasteiger partial charge in [-0.3, -0.25) is 5.10 Å². The van der Waals surface area contributed by atoms with Crippen molar-refractivity contribution in [3.8, 4) is 11.4 Å². The van der Waals surface area contributed by atoms with E-state index in [0.29, 0.717) is 6.04 Å². The molecule has 2 unspecified atom stereocenters. The van der Waals surface area contributed by atoms with Crippen LogP contribution in [0.1, 0.15) is 12.8 Å². The SMILES string of the molecule is Brc1ccccc1-c1nc(N2CCCC3CNCC32)n[nH]1. The highest BCUT2D eigenvalue weighted by atomic mass is 79.9. The van der Waals surface area contributed by atoms with Crippen LogP contribution in [0, 0.1) is 5.92 Å². The molecule has 110 valence electrons. The van der Waals surface area contributed by atoms with Crippen LogP contribution >= 0.6 is 15.9 Å². The van der Waals surface area contributed by atoms with Crippen molar-refractivity contribution in [3.05, 3.63) is 28.7 Å². The van der Waals surface area contributed by atoms with Crippen LogP contribution in [0.2, 0.25) is 0 Å². The molecule has 2 atom stereocenters. The zero-order chi connectivity index (χ0) is 14.2. The average Bonchev–Trinajstić information content (AvgIpc) is 3.16. The minimum atomic E-state index is 0.543. The van der Waals surface area contributed by atoms with E-state index in [4.69, 9.17) is 4.98 Å². The Balaban J connectivity index is 1.64. The molecule has 3 heterocycles. The lowest BCUT2D eigenvalue weighted by molar-refractivity contribution is 0.381. The summed E-state index contributed by atoms with van der Waals surface area (Å²) < 4.78 is 1.03. The van der Waals surface area contributed by atoms with Gasteiger partial charge in [-0.25, -0.2) is 0 Å². The lowest BCUT2D eigenvalue weighted by Gasteiger charge is -2.36. The quantitative estimate of drug-likeness (QED) is 0.875. The lowest BCUT2D eigenvalue weighted by atomic mass is 9.92. The highest BCUT2D eigenvalue weighted by Gasteiger charge is 2.36. The van der Waals surface area contributed by atoms with Crippen LogP contribution in [0.3, 0.4) is 0 Å². The summed E-state index contributed by atoms with van der Waals surface area (Å²) in [6, 6.07) is 8.63. The van der Waals surface area contributed by atoms with Crippen molar-refractivity contribution in [2.45, 2.75) is 18.9 Å². The standard InChI is InChI=1S/C15H18BrN5/c16-12-6-2-1-5-11(12)14-18-15(20-19-14)21-7-3-4-10-8-17-9-13(10)21/h1-2,5-6,10,13,17H,3-4,7-9H2,(H,18,19,20). The molecule has 2 saturated heterocycles. The topological polar surface area (TPSA) is 56.8 Å². The number of anilines is 1. The second-order valence-electron chi connectivity index (χ2n) is 5.79. The number of aromatic nitrogens is 3. The lowest BCUT2D eigenvalue weighted by Crippen LogP contribution is -2.45. The molecule has 4 rings (SSSR count). The number of piperidine rings is 1. The Kier molecular flexibility index (Phi) is 3.43. The predicted octanol–water partition coefficient (Wildman–Crippen LogP) is 2.42.